The number of carbonyl (C=O) groups excluding carboxylic acids is 1. The van der Waals surface area contributed by atoms with Crippen molar-refractivity contribution in [2.75, 3.05) is 13.2 Å². The summed E-state index contributed by atoms with van der Waals surface area (Å²) in [7, 11) is 0. The van der Waals surface area contributed by atoms with Crippen molar-refractivity contribution in [3.8, 4) is 0 Å². The summed E-state index contributed by atoms with van der Waals surface area (Å²) in [4.78, 5) is 14.3. The van der Waals surface area contributed by atoms with Crippen LogP contribution in [0, 0.1) is 0 Å². The summed E-state index contributed by atoms with van der Waals surface area (Å²) < 4.78 is 16.4. The zero-order valence-electron chi connectivity index (χ0n) is 12.4. The van der Waals surface area contributed by atoms with Gasteiger partial charge in [0.2, 0.25) is 0 Å². The summed E-state index contributed by atoms with van der Waals surface area (Å²) in [6.07, 6.45) is -0.245. The van der Waals surface area contributed by atoms with Crippen LogP contribution in [0.25, 0.3) is 10.4 Å². The molecule has 0 spiro atoms. The van der Waals surface area contributed by atoms with Crippen LogP contribution in [0.5, 0.6) is 0 Å². The largest absolute Gasteiger partial charge is 0.466 e. The van der Waals surface area contributed by atoms with E-state index < -0.39 is 12.3 Å². The fourth-order valence-electron chi connectivity index (χ4n) is 2.29. The van der Waals surface area contributed by atoms with Gasteiger partial charge in [0.25, 0.3) is 0 Å². The van der Waals surface area contributed by atoms with E-state index in [1.54, 1.807) is 6.92 Å². The first-order valence-corrected chi connectivity index (χ1v) is 7.26. The lowest BCUT2D eigenvalue weighted by Gasteiger charge is -2.34. The van der Waals surface area contributed by atoms with E-state index >= 15 is 0 Å². The Morgan fingerprint density at radius 1 is 1.45 bits per heavy atom. The standard InChI is InChI=1S/C15H19N3O4/c1-2-20-14(19)9-8-13-12(17-18-16)10-21-15(22-13)11-6-4-3-5-7-11/h3-7,12-13,15H,2,8-10H2,1H3/t12-,13-,15+/m0/s1. The van der Waals surface area contributed by atoms with Crippen LogP contribution in [-0.4, -0.2) is 31.3 Å². The summed E-state index contributed by atoms with van der Waals surface area (Å²) in [6, 6.07) is 9.07. The summed E-state index contributed by atoms with van der Waals surface area (Å²) in [5.74, 6) is -0.284. The number of carbonyl (C=O) groups is 1. The monoisotopic (exact) mass is 305 g/mol. The predicted octanol–water partition coefficient (Wildman–Crippen LogP) is 3.12. The Kier molecular flexibility index (Phi) is 6.21. The van der Waals surface area contributed by atoms with E-state index in [0.717, 1.165) is 5.56 Å². The number of ether oxygens (including phenoxy) is 3. The first-order chi connectivity index (χ1) is 10.7. The SMILES string of the molecule is CCOC(=O)CC[C@@H]1O[C@H](c2ccccc2)OC[C@@H]1N=[N+]=[N-]. The van der Waals surface area contributed by atoms with Gasteiger partial charge in [-0.05, 0) is 18.9 Å². The van der Waals surface area contributed by atoms with E-state index in [1.165, 1.54) is 0 Å². The van der Waals surface area contributed by atoms with Crippen LogP contribution in [0.1, 0.15) is 31.6 Å². The molecule has 1 fully saturated rings. The van der Waals surface area contributed by atoms with Gasteiger partial charge < -0.3 is 14.2 Å². The zero-order chi connectivity index (χ0) is 15.8. The molecule has 1 aromatic carbocycles. The fraction of sp³-hybridized carbons (Fsp3) is 0.533. The molecule has 0 unspecified atom stereocenters. The van der Waals surface area contributed by atoms with Crippen LogP contribution in [-0.2, 0) is 19.0 Å². The zero-order valence-corrected chi connectivity index (χ0v) is 12.4. The Bertz CT molecular complexity index is 531. The molecule has 0 N–H and O–H groups in total. The smallest absolute Gasteiger partial charge is 0.305 e. The maximum Gasteiger partial charge on any atom is 0.305 e. The molecule has 0 aromatic heterocycles. The summed E-state index contributed by atoms with van der Waals surface area (Å²) in [6.45, 7) is 2.37. The highest BCUT2D eigenvalue weighted by molar-refractivity contribution is 5.69. The van der Waals surface area contributed by atoms with Crippen molar-refractivity contribution in [2.24, 2.45) is 5.11 Å². The maximum absolute atomic E-state index is 11.5. The van der Waals surface area contributed by atoms with Crippen molar-refractivity contribution < 1.29 is 19.0 Å². The first-order valence-electron chi connectivity index (χ1n) is 7.26. The molecule has 1 aliphatic heterocycles. The average Bonchev–Trinajstić information content (AvgIpc) is 2.55. The van der Waals surface area contributed by atoms with Crippen LogP contribution in [0.2, 0.25) is 0 Å². The second-order valence-electron chi connectivity index (χ2n) is 4.87. The number of benzene rings is 1. The minimum Gasteiger partial charge on any atom is -0.466 e. The third-order valence-electron chi connectivity index (χ3n) is 3.36. The lowest BCUT2D eigenvalue weighted by Crippen LogP contribution is -2.39. The molecule has 1 aliphatic rings. The number of hydrogen-bond acceptors (Lipinski definition) is 5. The molecule has 3 atom stereocenters. The molecule has 1 saturated heterocycles. The lowest BCUT2D eigenvalue weighted by atomic mass is 10.1. The Morgan fingerprint density at radius 2 is 2.23 bits per heavy atom. The number of esters is 1. The summed E-state index contributed by atoms with van der Waals surface area (Å²) >= 11 is 0. The molecule has 0 amide bonds. The molecule has 0 aliphatic carbocycles. The van der Waals surface area contributed by atoms with Gasteiger partial charge in [0.05, 0.1) is 25.4 Å². The minimum absolute atomic E-state index is 0.220. The normalized spacial score (nSPS) is 24.3. The Hall–Kier alpha value is -2.08. The molecule has 0 radical (unpaired) electrons. The average molecular weight is 305 g/mol. The van der Waals surface area contributed by atoms with Crippen molar-refractivity contribution in [1.82, 2.24) is 0 Å². The molecular formula is C15H19N3O4. The van der Waals surface area contributed by atoms with Crippen LogP contribution in [0.15, 0.2) is 35.4 Å². The van der Waals surface area contributed by atoms with Gasteiger partial charge in [-0.2, -0.15) is 0 Å². The highest BCUT2D eigenvalue weighted by Crippen LogP contribution is 2.29. The molecule has 1 heterocycles. The second kappa shape index (κ2) is 8.38. The van der Waals surface area contributed by atoms with Gasteiger partial charge in [-0.25, -0.2) is 0 Å². The Balaban J connectivity index is 2.01. The van der Waals surface area contributed by atoms with E-state index in [0.29, 0.717) is 13.0 Å². The predicted molar refractivity (Wildman–Crippen MR) is 78.8 cm³/mol. The van der Waals surface area contributed by atoms with Crippen molar-refractivity contribution in [1.29, 1.82) is 0 Å². The van der Waals surface area contributed by atoms with Crippen LogP contribution in [0.3, 0.4) is 0 Å². The van der Waals surface area contributed by atoms with Crippen LogP contribution < -0.4 is 0 Å². The van der Waals surface area contributed by atoms with Crippen LogP contribution in [0.4, 0.5) is 0 Å². The number of rotatable bonds is 6. The molecule has 0 saturated carbocycles. The molecule has 22 heavy (non-hydrogen) atoms. The van der Waals surface area contributed by atoms with Gasteiger partial charge in [0.1, 0.15) is 0 Å². The van der Waals surface area contributed by atoms with Crippen molar-refractivity contribution in [3.63, 3.8) is 0 Å². The van der Waals surface area contributed by atoms with Crippen molar-refractivity contribution in [2.45, 2.75) is 38.2 Å². The highest BCUT2D eigenvalue weighted by atomic mass is 16.7. The number of nitrogens with zero attached hydrogens (tertiary/aromatic N) is 3. The second-order valence-corrected chi connectivity index (χ2v) is 4.87. The summed E-state index contributed by atoms with van der Waals surface area (Å²) in [5.41, 5.74) is 9.53. The van der Waals surface area contributed by atoms with Crippen molar-refractivity contribution in [3.05, 3.63) is 46.3 Å². The molecule has 2 rings (SSSR count). The van der Waals surface area contributed by atoms with Crippen LogP contribution >= 0.6 is 0 Å². The molecule has 0 bridgehead atoms. The highest BCUT2D eigenvalue weighted by Gasteiger charge is 2.32. The van der Waals surface area contributed by atoms with Gasteiger partial charge in [-0.3, -0.25) is 4.79 Å². The topological polar surface area (TPSA) is 93.5 Å². The lowest BCUT2D eigenvalue weighted by molar-refractivity contribution is -0.226. The number of azide groups is 1. The van der Waals surface area contributed by atoms with Gasteiger partial charge in [0, 0.05) is 16.9 Å². The fourth-order valence-corrected chi connectivity index (χ4v) is 2.29. The molecule has 7 heteroatoms. The van der Waals surface area contributed by atoms with Gasteiger partial charge in [0.15, 0.2) is 6.29 Å². The third kappa shape index (κ3) is 4.46. The van der Waals surface area contributed by atoms with E-state index in [1.807, 2.05) is 30.3 Å². The summed E-state index contributed by atoms with van der Waals surface area (Å²) in [5, 5.41) is 3.70. The maximum atomic E-state index is 11.5. The van der Waals surface area contributed by atoms with E-state index in [2.05, 4.69) is 10.0 Å². The van der Waals surface area contributed by atoms with Gasteiger partial charge in [-0.1, -0.05) is 35.4 Å². The number of hydrogen-bond donors (Lipinski definition) is 0. The minimum atomic E-state index is -0.515. The Morgan fingerprint density at radius 3 is 2.91 bits per heavy atom. The van der Waals surface area contributed by atoms with E-state index in [9.17, 15) is 4.79 Å². The Labute approximate surface area is 128 Å². The van der Waals surface area contributed by atoms with Crippen molar-refractivity contribution >= 4 is 5.97 Å². The molecular weight excluding hydrogens is 286 g/mol. The van der Waals surface area contributed by atoms with Gasteiger partial charge >= 0.3 is 5.97 Å². The first kappa shape index (κ1) is 16.3. The third-order valence-corrected chi connectivity index (χ3v) is 3.36. The van der Waals surface area contributed by atoms with E-state index in [-0.39, 0.29) is 25.1 Å². The van der Waals surface area contributed by atoms with Gasteiger partial charge in [-0.15, -0.1) is 0 Å². The van der Waals surface area contributed by atoms with E-state index in [4.69, 9.17) is 19.7 Å². The molecule has 7 nitrogen and oxygen atoms in total. The molecule has 118 valence electrons. The molecule has 1 aromatic rings. The quantitative estimate of drug-likeness (QED) is 0.349.